The van der Waals surface area contributed by atoms with Gasteiger partial charge in [0.1, 0.15) is 0 Å². The Bertz CT molecular complexity index is 297. The fourth-order valence-electron chi connectivity index (χ4n) is 3.15. The minimum Gasteiger partial charge on any atom is -0.340 e. The predicted octanol–water partition coefficient (Wildman–Crippen LogP) is 1.07. The first kappa shape index (κ1) is 13.8. The molecular weight excluding hydrogens is 226 g/mol. The van der Waals surface area contributed by atoms with Crippen LogP contribution in [0.4, 0.5) is 0 Å². The maximum absolute atomic E-state index is 12.7. The Morgan fingerprint density at radius 3 is 2.72 bits per heavy atom. The molecule has 4 nitrogen and oxygen atoms in total. The van der Waals surface area contributed by atoms with Crippen molar-refractivity contribution >= 4 is 5.91 Å². The van der Waals surface area contributed by atoms with E-state index in [0.29, 0.717) is 11.9 Å². The van der Waals surface area contributed by atoms with Gasteiger partial charge in [-0.2, -0.15) is 0 Å². The van der Waals surface area contributed by atoms with Gasteiger partial charge in [-0.15, -0.1) is 0 Å². The van der Waals surface area contributed by atoms with Crippen molar-refractivity contribution in [3.63, 3.8) is 0 Å². The normalized spacial score (nSPS) is 33.8. The summed E-state index contributed by atoms with van der Waals surface area (Å²) in [6.45, 7) is 4.88. The smallest absolute Gasteiger partial charge is 0.242 e. The largest absolute Gasteiger partial charge is 0.340 e. The van der Waals surface area contributed by atoms with Crippen LogP contribution in [0.5, 0.6) is 0 Å². The zero-order chi connectivity index (χ0) is 13.2. The first-order valence-electron chi connectivity index (χ1n) is 7.24. The molecule has 2 atom stereocenters. The standard InChI is InChI=1S/C14H27N3O/c1-14(8-4-5-9-15-14)13(18)17-10-6-7-12(11-17)16(2)3/h12,15H,4-11H2,1-3H3. The molecule has 0 aromatic heterocycles. The summed E-state index contributed by atoms with van der Waals surface area (Å²) in [5.74, 6) is 0.314. The first-order valence-corrected chi connectivity index (χ1v) is 7.24. The number of hydrogen-bond acceptors (Lipinski definition) is 3. The van der Waals surface area contributed by atoms with Crippen LogP contribution in [0.1, 0.15) is 39.0 Å². The van der Waals surface area contributed by atoms with Gasteiger partial charge in [0.05, 0.1) is 5.54 Å². The number of rotatable bonds is 2. The number of nitrogens with zero attached hydrogens (tertiary/aromatic N) is 2. The topological polar surface area (TPSA) is 35.6 Å². The third kappa shape index (κ3) is 2.86. The second-order valence-electron chi connectivity index (χ2n) is 6.23. The Hall–Kier alpha value is -0.610. The molecule has 2 unspecified atom stereocenters. The lowest BCUT2D eigenvalue weighted by Crippen LogP contribution is -2.60. The summed E-state index contributed by atoms with van der Waals surface area (Å²) in [7, 11) is 4.22. The highest BCUT2D eigenvalue weighted by Gasteiger charge is 2.39. The molecule has 104 valence electrons. The van der Waals surface area contributed by atoms with Crippen molar-refractivity contribution in [3.8, 4) is 0 Å². The zero-order valence-corrected chi connectivity index (χ0v) is 12.0. The molecule has 1 amide bonds. The highest BCUT2D eigenvalue weighted by Crippen LogP contribution is 2.24. The predicted molar refractivity (Wildman–Crippen MR) is 73.5 cm³/mol. The molecule has 4 heteroatoms. The minimum atomic E-state index is -0.313. The number of likely N-dealkylation sites (tertiary alicyclic amines) is 1. The van der Waals surface area contributed by atoms with E-state index in [-0.39, 0.29) is 5.54 Å². The molecule has 2 saturated heterocycles. The quantitative estimate of drug-likeness (QED) is 0.799. The molecule has 2 fully saturated rings. The number of piperidine rings is 2. The lowest BCUT2D eigenvalue weighted by atomic mass is 9.88. The van der Waals surface area contributed by atoms with Crippen LogP contribution < -0.4 is 5.32 Å². The van der Waals surface area contributed by atoms with Crippen LogP contribution in [0.15, 0.2) is 0 Å². The molecule has 0 spiro atoms. The molecule has 2 aliphatic rings. The molecule has 0 saturated carbocycles. The average Bonchev–Trinajstić information content (AvgIpc) is 2.39. The van der Waals surface area contributed by atoms with E-state index in [2.05, 4.69) is 36.1 Å². The Kier molecular flexibility index (Phi) is 4.28. The number of nitrogens with one attached hydrogen (secondary N) is 1. The van der Waals surface area contributed by atoms with Crippen molar-refractivity contribution in [1.82, 2.24) is 15.1 Å². The fourth-order valence-corrected chi connectivity index (χ4v) is 3.15. The third-order valence-corrected chi connectivity index (χ3v) is 4.50. The SMILES string of the molecule is CN(C)C1CCCN(C(=O)C2(C)CCCCN2)C1. The molecule has 0 bridgehead atoms. The monoisotopic (exact) mass is 253 g/mol. The summed E-state index contributed by atoms with van der Waals surface area (Å²) < 4.78 is 0. The minimum absolute atomic E-state index is 0.313. The van der Waals surface area contributed by atoms with Crippen LogP contribution in [0.2, 0.25) is 0 Å². The number of amides is 1. The van der Waals surface area contributed by atoms with E-state index in [9.17, 15) is 4.79 Å². The zero-order valence-electron chi connectivity index (χ0n) is 12.0. The van der Waals surface area contributed by atoms with Crippen molar-refractivity contribution in [2.45, 2.75) is 50.6 Å². The fraction of sp³-hybridized carbons (Fsp3) is 0.929. The van der Waals surface area contributed by atoms with Crippen LogP contribution in [-0.4, -0.2) is 61.0 Å². The maximum Gasteiger partial charge on any atom is 0.242 e. The highest BCUT2D eigenvalue weighted by atomic mass is 16.2. The van der Waals surface area contributed by atoms with Crippen molar-refractivity contribution in [2.24, 2.45) is 0 Å². The molecule has 0 aromatic rings. The van der Waals surface area contributed by atoms with Gasteiger partial charge in [0, 0.05) is 19.1 Å². The Morgan fingerprint density at radius 1 is 1.33 bits per heavy atom. The van der Waals surface area contributed by atoms with Gasteiger partial charge in [-0.25, -0.2) is 0 Å². The van der Waals surface area contributed by atoms with Crippen molar-refractivity contribution in [2.75, 3.05) is 33.7 Å². The number of hydrogen-bond donors (Lipinski definition) is 1. The van der Waals surface area contributed by atoms with E-state index in [0.717, 1.165) is 32.5 Å². The van der Waals surface area contributed by atoms with E-state index in [1.165, 1.54) is 19.3 Å². The van der Waals surface area contributed by atoms with E-state index in [4.69, 9.17) is 0 Å². The van der Waals surface area contributed by atoms with Gasteiger partial charge < -0.3 is 15.1 Å². The molecule has 0 aliphatic carbocycles. The Labute approximate surface area is 111 Å². The summed E-state index contributed by atoms with van der Waals surface area (Å²) in [4.78, 5) is 17.0. The summed E-state index contributed by atoms with van der Waals surface area (Å²) in [5.41, 5.74) is -0.313. The lowest BCUT2D eigenvalue weighted by molar-refractivity contribution is -0.140. The summed E-state index contributed by atoms with van der Waals surface area (Å²) in [5, 5.41) is 3.43. The van der Waals surface area contributed by atoms with Crippen LogP contribution in [-0.2, 0) is 4.79 Å². The Balaban J connectivity index is 1.99. The molecule has 2 heterocycles. The summed E-state index contributed by atoms with van der Waals surface area (Å²) in [6, 6.07) is 0.523. The third-order valence-electron chi connectivity index (χ3n) is 4.50. The summed E-state index contributed by atoms with van der Waals surface area (Å²) in [6.07, 6.45) is 5.68. The number of likely N-dealkylation sites (N-methyl/N-ethyl adjacent to an activating group) is 1. The number of carbonyl (C=O) groups is 1. The second kappa shape index (κ2) is 5.57. The molecule has 0 aromatic carbocycles. The summed E-state index contributed by atoms with van der Waals surface area (Å²) >= 11 is 0. The first-order chi connectivity index (χ1) is 8.53. The van der Waals surface area contributed by atoms with Crippen LogP contribution >= 0.6 is 0 Å². The van der Waals surface area contributed by atoms with Gasteiger partial charge in [0.15, 0.2) is 0 Å². The van der Waals surface area contributed by atoms with Crippen LogP contribution in [0, 0.1) is 0 Å². The van der Waals surface area contributed by atoms with E-state index in [1.807, 2.05) is 0 Å². The van der Waals surface area contributed by atoms with E-state index in [1.54, 1.807) is 0 Å². The van der Waals surface area contributed by atoms with Gasteiger partial charge in [0.25, 0.3) is 0 Å². The van der Waals surface area contributed by atoms with E-state index < -0.39 is 0 Å². The maximum atomic E-state index is 12.7. The van der Waals surface area contributed by atoms with Gasteiger partial charge in [-0.3, -0.25) is 4.79 Å². The molecule has 2 aliphatic heterocycles. The van der Waals surface area contributed by atoms with Crippen molar-refractivity contribution < 1.29 is 4.79 Å². The molecular formula is C14H27N3O. The van der Waals surface area contributed by atoms with Crippen LogP contribution in [0.3, 0.4) is 0 Å². The number of carbonyl (C=O) groups excluding carboxylic acids is 1. The van der Waals surface area contributed by atoms with Gasteiger partial charge in [0.2, 0.25) is 5.91 Å². The van der Waals surface area contributed by atoms with Crippen molar-refractivity contribution in [1.29, 1.82) is 0 Å². The average molecular weight is 253 g/mol. The Morgan fingerprint density at radius 2 is 2.11 bits per heavy atom. The lowest BCUT2D eigenvalue weighted by Gasteiger charge is -2.42. The second-order valence-corrected chi connectivity index (χ2v) is 6.23. The molecule has 2 rings (SSSR count). The molecule has 1 N–H and O–H groups in total. The highest BCUT2D eigenvalue weighted by molar-refractivity contribution is 5.86. The van der Waals surface area contributed by atoms with Gasteiger partial charge in [-0.05, 0) is 59.7 Å². The van der Waals surface area contributed by atoms with Crippen molar-refractivity contribution in [3.05, 3.63) is 0 Å². The van der Waals surface area contributed by atoms with Gasteiger partial charge in [-0.1, -0.05) is 0 Å². The molecule has 18 heavy (non-hydrogen) atoms. The van der Waals surface area contributed by atoms with Crippen LogP contribution in [0.25, 0.3) is 0 Å². The molecule has 0 radical (unpaired) electrons. The van der Waals surface area contributed by atoms with E-state index >= 15 is 0 Å². The van der Waals surface area contributed by atoms with Gasteiger partial charge >= 0.3 is 0 Å².